The highest BCUT2D eigenvalue weighted by atomic mass is 35.5. The smallest absolute Gasteiger partial charge is 0.396 e. The molecule has 0 saturated heterocycles. The van der Waals surface area contributed by atoms with Gasteiger partial charge in [0.1, 0.15) is 5.82 Å². The zero-order chi connectivity index (χ0) is 14.5. The van der Waals surface area contributed by atoms with Gasteiger partial charge in [-0.05, 0) is 24.6 Å². The number of hydrogen-bond acceptors (Lipinski definition) is 6. The van der Waals surface area contributed by atoms with Crippen molar-refractivity contribution in [3.63, 3.8) is 0 Å². The van der Waals surface area contributed by atoms with E-state index in [1.54, 1.807) is 13.0 Å². The lowest BCUT2D eigenvalue weighted by Crippen LogP contribution is -2.04. The van der Waals surface area contributed by atoms with E-state index in [2.05, 4.69) is 10.2 Å². The van der Waals surface area contributed by atoms with Crippen molar-refractivity contribution in [2.24, 2.45) is 0 Å². The van der Waals surface area contributed by atoms with E-state index in [4.69, 9.17) is 20.8 Å². The summed E-state index contributed by atoms with van der Waals surface area (Å²) in [7, 11) is 0. The molecule has 5 nitrogen and oxygen atoms in total. The Labute approximate surface area is 123 Å². The summed E-state index contributed by atoms with van der Waals surface area (Å²) in [6.45, 7) is 1.91. The fourth-order valence-electron chi connectivity index (χ4n) is 1.32. The molecule has 0 saturated carbocycles. The average molecular weight is 317 g/mol. The highest BCUT2D eigenvalue weighted by molar-refractivity contribution is 7.98. The minimum absolute atomic E-state index is 0.0705. The van der Waals surface area contributed by atoms with Crippen LogP contribution in [0, 0.1) is 5.82 Å². The van der Waals surface area contributed by atoms with Crippen LogP contribution < -0.4 is 0 Å². The topological polar surface area (TPSA) is 65.2 Å². The minimum Gasteiger partial charge on any atom is -0.459 e. The summed E-state index contributed by atoms with van der Waals surface area (Å²) >= 11 is 6.78. The molecule has 0 aliphatic rings. The van der Waals surface area contributed by atoms with Crippen LogP contribution in [0.2, 0.25) is 5.02 Å². The van der Waals surface area contributed by atoms with E-state index in [0.29, 0.717) is 11.3 Å². The first-order valence-corrected chi connectivity index (χ1v) is 7.04. The van der Waals surface area contributed by atoms with Crippen LogP contribution in [0.4, 0.5) is 4.39 Å². The number of carbonyl (C=O) groups excluding carboxylic acids is 1. The van der Waals surface area contributed by atoms with Crippen molar-refractivity contribution in [2.75, 3.05) is 6.61 Å². The molecule has 8 heteroatoms. The minimum atomic E-state index is -0.663. The molecule has 1 heterocycles. The quantitative estimate of drug-likeness (QED) is 0.622. The van der Waals surface area contributed by atoms with Crippen LogP contribution in [-0.2, 0) is 10.5 Å². The van der Waals surface area contributed by atoms with Gasteiger partial charge in [0.2, 0.25) is 0 Å². The first-order chi connectivity index (χ1) is 9.60. The van der Waals surface area contributed by atoms with E-state index in [-0.39, 0.29) is 22.7 Å². The lowest BCUT2D eigenvalue weighted by Gasteiger charge is -2.00. The van der Waals surface area contributed by atoms with E-state index in [1.165, 1.54) is 23.9 Å². The van der Waals surface area contributed by atoms with Gasteiger partial charge in [-0.15, -0.1) is 5.10 Å². The summed E-state index contributed by atoms with van der Waals surface area (Å²) in [5.41, 5.74) is 0.716. The molecule has 2 aromatic rings. The Kier molecular flexibility index (Phi) is 4.97. The second kappa shape index (κ2) is 6.71. The first kappa shape index (κ1) is 14.8. The lowest BCUT2D eigenvalue weighted by atomic mass is 10.2. The maximum absolute atomic E-state index is 13.2. The molecule has 0 amide bonds. The summed E-state index contributed by atoms with van der Waals surface area (Å²) in [4.78, 5) is 11.3. The van der Waals surface area contributed by atoms with Crippen LogP contribution in [0.5, 0.6) is 0 Å². The molecule has 20 heavy (non-hydrogen) atoms. The average Bonchev–Trinajstić information content (AvgIpc) is 2.89. The number of nitrogens with zero attached hydrogens (tertiary/aromatic N) is 2. The van der Waals surface area contributed by atoms with Crippen LogP contribution in [0.1, 0.15) is 23.2 Å². The Morgan fingerprint density at radius 2 is 2.30 bits per heavy atom. The SMILES string of the molecule is CCOC(=O)c1nnc(SCc2ccc(Cl)c(F)c2)o1. The third-order valence-corrected chi connectivity index (χ3v) is 3.40. The van der Waals surface area contributed by atoms with Crippen LogP contribution in [-0.4, -0.2) is 22.8 Å². The van der Waals surface area contributed by atoms with Gasteiger partial charge in [0.15, 0.2) is 0 Å². The molecule has 0 N–H and O–H groups in total. The molecule has 1 aromatic carbocycles. The number of halogens is 2. The molecule has 0 aliphatic carbocycles. The Bertz CT molecular complexity index is 620. The number of aromatic nitrogens is 2. The lowest BCUT2D eigenvalue weighted by molar-refractivity contribution is 0.0475. The normalized spacial score (nSPS) is 10.6. The van der Waals surface area contributed by atoms with Gasteiger partial charge in [-0.3, -0.25) is 0 Å². The molecule has 0 unspecified atom stereocenters. The molecule has 2 rings (SSSR count). The van der Waals surface area contributed by atoms with Crippen molar-refractivity contribution in [1.82, 2.24) is 10.2 Å². The largest absolute Gasteiger partial charge is 0.459 e. The standard InChI is InChI=1S/C12H10ClFN2O3S/c1-2-18-11(17)10-15-16-12(19-10)20-6-7-3-4-8(13)9(14)5-7/h3-5H,2,6H2,1H3. The van der Waals surface area contributed by atoms with Crippen molar-refractivity contribution in [1.29, 1.82) is 0 Å². The maximum atomic E-state index is 13.2. The summed E-state index contributed by atoms with van der Waals surface area (Å²) in [6, 6.07) is 4.50. The molecule has 1 aromatic heterocycles. The first-order valence-electron chi connectivity index (χ1n) is 5.67. The van der Waals surface area contributed by atoms with Crippen molar-refractivity contribution in [3.8, 4) is 0 Å². The van der Waals surface area contributed by atoms with E-state index in [1.807, 2.05) is 0 Å². The zero-order valence-corrected chi connectivity index (χ0v) is 12.0. The molecular formula is C12H10ClFN2O3S. The molecule has 0 aliphatic heterocycles. The molecule has 106 valence electrons. The van der Waals surface area contributed by atoms with Crippen molar-refractivity contribution in [2.45, 2.75) is 17.9 Å². The third kappa shape index (κ3) is 3.71. The molecule has 0 bridgehead atoms. The molecule has 0 radical (unpaired) electrons. The van der Waals surface area contributed by atoms with Crippen molar-refractivity contribution >= 4 is 29.3 Å². The van der Waals surface area contributed by atoms with Gasteiger partial charge in [-0.2, -0.15) is 0 Å². The number of carbonyl (C=O) groups is 1. The Morgan fingerprint density at radius 3 is 3.00 bits per heavy atom. The zero-order valence-electron chi connectivity index (χ0n) is 10.4. The molecule has 0 fully saturated rings. The van der Waals surface area contributed by atoms with Crippen molar-refractivity contribution < 1.29 is 18.3 Å². The van der Waals surface area contributed by atoms with Crippen LogP contribution >= 0.6 is 23.4 Å². The van der Waals surface area contributed by atoms with E-state index < -0.39 is 11.8 Å². The second-order valence-electron chi connectivity index (χ2n) is 3.63. The van der Waals surface area contributed by atoms with Gasteiger partial charge >= 0.3 is 11.9 Å². The second-order valence-corrected chi connectivity index (χ2v) is 4.96. The van der Waals surface area contributed by atoms with E-state index in [9.17, 15) is 9.18 Å². The van der Waals surface area contributed by atoms with Gasteiger partial charge < -0.3 is 9.15 Å². The number of hydrogen-bond donors (Lipinski definition) is 0. The Morgan fingerprint density at radius 1 is 1.50 bits per heavy atom. The Balaban J connectivity index is 1.97. The predicted molar refractivity (Wildman–Crippen MR) is 71.2 cm³/mol. The van der Waals surface area contributed by atoms with Crippen LogP contribution in [0.3, 0.4) is 0 Å². The third-order valence-electron chi connectivity index (χ3n) is 2.20. The summed E-state index contributed by atoms with van der Waals surface area (Å²) < 4.78 is 23.1. The number of rotatable bonds is 5. The van der Waals surface area contributed by atoms with E-state index >= 15 is 0 Å². The summed E-state index contributed by atoms with van der Waals surface area (Å²) in [5, 5.41) is 7.55. The number of thioether (sulfide) groups is 1. The van der Waals surface area contributed by atoms with Gasteiger partial charge in [-0.25, -0.2) is 9.18 Å². The van der Waals surface area contributed by atoms with Crippen LogP contribution in [0.15, 0.2) is 27.8 Å². The van der Waals surface area contributed by atoms with E-state index in [0.717, 1.165) is 0 Å². The van der Waals surface area contributed by atoms with Gasteiger partial charge in [0, 0.05) is 5.75 Å². The van der Waals surface area contributed by atoms with Gasteiger partial charge in [0.25, 0.3) is 5.22 Å². The maximum Gasteiger partial charge on any atom is 0.396 e. The van der Waals surface area contributed by atoms with Crippen molar-refractivity contribution in [3.05, 3.63) is 40.5 Å². The van der Waals surface area contributed by atoms with Gasteiger partial charge in [0.05, 0.1) is 11.6 Å². The highest BCUT2D eigenvalue weighted by Crippen LogP contribution is 2.24. The number of ether oxygens (including phenoxy) is 1. The van der Waals surface area contributed by atoms with Gasteiger partial charge in [-0.1, -0.05) is 34.5 Å². The number of benzene rings is 1. The highest BCUT2D eigenvalue weighted by Gasteiger charge is 2.16. The summed E-state index contributed by atoms with van der Waals surface area (Å²) in [5.74, 6) is -0.929. The monoisotopic (exact) mass is 316 g/mol. The Hall–Kier alpha value is -1.60. The number of esters is 1. The summed E-state index contributed by atoms with van der Waals surface area (Å²) in [6.07, 6.45) is 0. The van der Waals surface area contributed by atoms with Crippen LogP contribution in [0.25, 0.3) is 0 Å². The molecular weight excluding hydrogens is 307 g/mol. The molecule has 0 atom stereocenters. The molecule has 0 spiro atoms. The fraction of sp³-hybridized carbons (Fsp3) is 0.250. The predicted octanol–water partition coefficient (Wildman–Crippen LogP) is 3.33. The fourth-order valence-corrected chi connectivity index (χ4v) is 2.14.